The first-order valence-electron chi connectivity index (χ1n) is 7.68. The van der Waals surface area contributed by atoms with Gasteiger partial charge in [-0.05, 0) is 37.3 Å². The van der Waals surface area contributed by atoms with Crippen LogP contribution in [-0.4, -0.2) is 22.6 Å². The predicted octanol–water partition coefficient (Wildman–Crippen LogP) is 4.12. The first-order chi connectivity index (χ1) is 12.4. The summed E-state index contributed by atoms with van der Waals surface area (Å²) in [5.41, 5.74) is 1.57. The Morgan fingerprint density at radius 3 is 2.62 bits per heavy atom. The van der Waals surface area contributed by atoms with Gasteiger partial charge in [0.05, 0.1) is 27.2 Å². The fraction of sp³-hybridized carbons (Fsp3) is 0.111. The largest absolute Gasteiger partial charge is 0.322 e. The lowest BCUT2D eigenvalue weighted by Crippen LogP contribution is -2.14. The summed E-state index contributed by atoms with van der Waals surface area (Å²) in [6.45, 7) is 1.35. The number of ketones is 1. The van der Waals surface area contributed by atoms with Gasteiger partial charge in [-0.2, -0.15) is 0 Å². The zero-order valence-corrected chi connectivity index (χ0v) is 15.3. The number of amides is 2. The van der Waals surface area contributed by atoms with Crippen molar-refractivity contribution in [2.45, 2.75) is 13.3 Å². The molecule has 1 aromatic heterocycles. The van der Waals surface area contributed by atoms with Crippen LogP contribution in [0.15, 0.2) is 42.5 Å². The number of carbonyl (C=O) groups is 3. The molecule has 0 aliphatic heterocycles. The number of nitrogens with zero attached hydrogens (tertiary/aromatic N) is 1. The molecule has 26 heavy (non-hydrogen) atoms. The highest BCUT2D eigenvalue weighted by Gasteiger charge is 2.12. The molecule has 2 aromatic carbocycles. The number of Topliss-reactive ketones (excluding diaryl/α,β-unsaturated/α-hetero) is 1. The summed E-state index contributed by atoms with van der Waals surface area (Å²) in [6.07, 6.45) is -0.185. The maximum Gasteiger partial charge on any atom is 0.257 e. The average Bonchev–Trinajstić information content (AvgIpc) is 2.95. The Hall–Kier alpha value is -2.77. The minimum atomic E-state index is -0.399. The zero-order chi connectivity index (χ0) is 18.7. The van der Waals surface area contributed by atoms with Gasteiger partial charge < -0.3 is 10.6 Å². The zero-order valence-electron chi connectivity index (χ0n) is 13.7. The highest BCUT2D eigenvalue weighted by molar-refractivity contribution is 7.22. The molecule has 0 spiro atoms. The van der Waals surface area contributed by atoms with Crippen molar-refractivity contribution < 1.29 is 14.4 Å². The fourth-order valence-corrected chi connectivity index (χ4v) is 3.38. The number of benzene rings is 2. The molecule has 0 unspecified atom stereocenters. The van der Waals surface area contributed by atoms with Crippen molar-refractivity contribution in [1.82, 2.24) is 4.98 Å². The van der Waals surface area contributed by atoms with Gasteiger partial charge in [0.2, 0.25) is 5.91 Å². The van der Waals surface area contributed by atoms with E-state index in [1.165, 1.54) is 18.3 Å². The summed E-state index contributed by atoms with van der Waals surface area (Å²) in [5, 5.41) is 6.15. The van der Waals surface area contributed by atoms with Crippen LogP contribution in [0.2, 0.25) is 5.02 Å². The van der Waals surface area contributed by atoms with E-state index >= 15 is 0 Å². The molecule has 3 rings (SSSR count). The van der Waals surface area contributed by atoms with Gasteiger partial charge in [0.25, 0.3) is 5.91 Å². The molecule has 8 heteroatoms. The van der Waals surface area contributed by atoms with Crippen molar-refractivity contribution in [1.29, 1.82) is 0 Å². The third kappa shape index (κ3) is 4.25. The van der Waals surface area contributed by atoms with Crippen molar-refractivity contribution in [3.63, 3.8) is 0 Å². The molecule has 0 saturated heterocycles. The maximum absolute atomic E-state index is 12.3. The molecule has 132 valence electrons. The SMILES string of the molecule is CC(=O)CC(=O)Nc1nc2cc(NC(=O)c3ccccc3Cl)ccc2s1. The highest BCUT2D eigenvalue weighted by Crippen LogP contribution is 2.28. The molecular weight excluding hydrogens is 374 g/mol. The minimum Gasteiger partial charge on any atom is -0.322 e. The number of hydrogen-bond donors (Lipinski definition) is 2. The lowest BCUT2D eigenvalue weighted by atomic mass is 10.2. The Morgan fingerprint density at radius 2 is 1.88 bits per heavy atom. The molecular formula is C18H14ClN3O3S. The van der Waals surface area contributed by atoms with E-state index in [1.807, 2.05) is 0 Å². The maximum atomic E-state index is 12.3. The molecule has 3 aromatic rings. The first kappa shape index (κ1) is 18.0. The Kier molecular flexibility index (Phi) is 5.29. The van der Waals surface area contributed by atoms with Crippen LogP contribution in [0.3, 0.4) is 0 Å². The second-order valence-electron chi connectivity index (χ2n) is 5.56. The van der Waals surface area contributed by atoms with E-state index in [1.54, 1.807) is 42.5 Å². The van der Waals surface area contributed by atoms with Crippen molar-refractivity contribution in [2.75, 3.05) is 10.6 Å². The molecule has 2 amide bonds. The molecule has 6 nitrogen and oxygen atoms in total. The van der Waals surface area contributed by atoms with E-state index in [-0.39, 0.29) is 18.1 Å². The fourth-order valence-electron chi connectivity index (χ4n) is 2.29. The number of thiazole rings is 1. The number of carbonyl (C=O) groups excluding carboxylic acids is 3. The monoisotopic (exact) mass is 387 g/mol. The normalized spacial score (nSPS) is 10.5. The van der Waals surface area contributed by atoms with Crippen molar-refractivity contribution in [2.24, 2.45) is 0 Å². The number of halogens is 1. The third-order valence-corrected chi connectivity index (χ3v) is 4.70. The van der Waals surface area contributed by atoms with Crippen LogP contribution < -0.4 is 10.6 Å². The molecule has 0 aliphatic rings. The average molecular weight is 388 g/mol. The minimum absolute atomic E-state index is 0.185. The second-order valence-corrected chi connectivity index (χ2v) is 7.00. The van der Waals surface area contributed by atoms with E-state index < -0.39 is 5.91 Å². The number of anilines is 2. The molecule has 0 radical (unpaired) electrons. The standard InChI is InChI=1S/C18H14ClN3O3S/c1-10(23)8-16(24)22-18-21-14-9-11(6-7-15(14)26-18)20-17(25)12-4-2-3-5-13(12)19/h2-7,9H,8H2,1H3,(H,20,25)(H,21,22,24). The Labute approximate surface area is 158 Å². The van der Waals surface area contributed by atoms with Crippen molar-refractivity contribution in [3.05, 3.63) is 53.1 Å². The number of nitrogens with one attached hydrogen (secondary N) is 2. The molecule has 1 heterocycles. The lowest BCUT2D eigenvalue weighted by Gasteiger charge is -2.06. The van der Waals surface area contributed by atoms with Crippen LogP contribution in [0.4, 0.5) is 10.8 Å². The smallest absolute Gasteiger partial charge is 0.257 e. The summed E-state index contributed by atoms with van der Waals surface area (Å²) in [4.78, 5) is 39.3. The van der Waals surface area contributed by atoms with E-state index in [4.69, 9.17) is 11.6 Å². The van der Waals surface area contributed by atoms with Gasteiger partial charge in [0.15, 0.2) is 5.13 Å². The highest BCUT2D eigenvalue weighted by atomic mass is 35.5. The second kappa shape index (κ2) is 7.63. The van der Waals surface area contributed by atoms with E-state index in [0.717, 1.165) is 4.70 Å². The van der Waals surface area contributed by atoms with Crippen LogP contribution in [0, 0.1) is 0 Å². The Morgan fingerprint density at radius 1 is 1.12 bits per heavy atom. The number of aromatic nitrogens is 1. The molecule has 0 bridgehead atoms. The van der Waals surface area contributed by atoms with Crippen LogP contribution in [0.5, 0.6) is 0 Å². The lowest BCUT2D eigenvalue weighted by molar-refractivity contribution is -0.124. The van der Waals surface area contributed by atoms with Crippen LogP contribution in [-0.2, 0) is 9.59 Å². The van der Waals surface area contributed by atoms with Crippen LogP contribution in [0.1, 0.15) is 23.7 Å². The van der Waals surface area contributed by atoms with E-state index in [0.29, 0.717) is 26.9 Å². The topological polar surface area (TPSA) is 88.2 Å². The first-order valence-corrected chi connectivity index (χ1v) is 8.87. The van der Waals surface area contributed by atoms with Gasteiger partial charge in [-0.3, -0.25) is 14.4 Å². The number of fused-ring (bicyclic) bond motifs is 1. The third-order valence-electron chi connectivity index (χ3n) is 3.42. The van der Waals surface area contributed by atoms with E-state index in [9.17, 15) is 14.4 Å². The molecule has 2 N–H and O–H groups in total. The van der Waals surface area contributed by atoms with Crippen molar-refractivity contribution in [3.8, 4) is 0 Å². The molecule has 0 atom stereocenters. The van der Waals surface area contributed by atoms with Crippen LogP contribution >= 0.6 is 22.9 Å². The van der Waals surface area contributed by atoms with Crippen LogP contribution in [0.25, 0.3) is 10.2 Å². The van der Waals surface area contributed by atoms with Gasteiger partial charge in [-0.15, -0.1) is 0 Å². The molecule has 0 saturated carbocycles. The summed E-state index contributed by atoms with van der Waals surface area (Å²) in [5.74, 6) is -0.933. The van der Waals surface area contributed by atoms with Gasteiger partial charge >= 0.3 is 0 Å². The summed E-state index contributed by atoms with van der Waals surface area (Å²) >= 11 is 7.32. The predicted molar refractivity (Wildman–Crippen MR) is 103 cm³/mol. The van der Waals surface area contributed by atoms with E-state index in [2.05, 4.69) is 15.6 Å². The van der Waals surface area contributed by atoms with Gasteiger partial charge in [0, 0.05) is 5.69 Å². The van der Waals surface area contributed by atoms with Gasteiger partial charge in [-0.1, -0.05) is 35.1 Å². The summed E-state index contributed by atoms with van der Waals surface area (Å²) < 4.78 is 0.846. The molecule has 0 fully saturated rings. The number of rotatable bonds is 5. The quantitative estimate of drug-likeness (QED) is 0.644. The Balaban J connectivity index is 1.77. The summed E-state index contributed by atoms with van der Waals surface area (Å²) in [6, 6.07) is 12.0. The van der Waals surface area contributed by atoms with Gasteiger partial charge in [-0.25, -0.2) is 4.98 Å². The van der Waals surface area contributed by atoms with Gasteiger partial charge in [0.1, 0.15) is 5.78 Å². The summed E-state index contributed by atoms with van der Waals surface area (Å²) in [7, 11) is 0. The Bertz CT molecular complexity index is 1020. The number of hydrogen-bond acceptors (Lipinski definition) is 5. The molecule has 0 aliphatic carbocycles. The van der Waals surface area contributed by atoms with Crippen molar-refractivity contribution >= 4 is 61.6 Å².